The minimum absolute atomic E-state index is 0.0543. The van der Waals surface area contributed by atoms with Crippen LogP contribution in [0.2, 0.25) is 0 Å². The van der Waals surface area contributed by atoms with Crippen LogP contribution in [0.15, 0.2) is 45.3 Å². The monoisotopic (exact) mass is 361 g/mol. The molecule has 3 rings (SSSR count). The highest BCUT2D eigenvalue weighted by atomic mass is 32.1. The van der Waals surface area contributed by atoms with Crippen molar-refractivity contribution in [1.82, 2.24) is 14.7 Å². The largest absolute Gasteiger partial charge is 0.459 e. The van der Waals surface area contributed by atoms with Gasteiger partial charge in [0.15, 0.2) is 10.7 Å². The van der Waals surface area contributed by atoms with Crippen LogP contribution in [0.25, 0.3) is 4.96 Å². The van der Waals surface area contributed by atoms with Gasteiger partial charge >= 0.3 is 5.97 Å². The van der Waals surface area contributed by atoms with Crippen molar-refractivity contribution in [3.05, 3.63) is 57.8 Å². The number of nitrogens with zero attached hydrogens (tertiary/aromatic N) is 2. The van der Waals surface area contributed by atoms with Crippen molar-refractivity contribution < 1.29 is 18.7 Å². The summed E-state index contributed by atoms with van der Waals surface area (Å²) in [7, 11) is 0. The summed E-state index contributed by atoms with van der Waals surface area (Å²) in [5.74, 6) is -0.517. The van der Waals surface area contributed by atoms with Crippen molar-refractivity contribution in [3.8, 4) is 0 Å². The van der Waals surface area contributed by atoms with Gasteiger partial charge in [0.2, 0.25) is 0 Å². The lowest BCUT2D eigenvalue weighted by molar-refractivity contribution is -0.145. The third-order valence-corrected chi connectivity index (χ3v) is 4.08. The predicted octanol–water partition coefficient (Wildman–Crippen LogP) is 1.60. The summed E-state index contributed by atoms with van der Waals surface area (Å²) in [5.41, 5.74) is 0.199. The summed E-state index contributed by atoms with van der Waals surface area (Å²) < 4.78 is 11.5. The van der Waals surface area contributed by atoms with E-state index < -0.39 is 5.97 Å². The van der Waals surface area contributed by atoms with E-state index in [-0.39, 0.29) is 30.3 Å². The molecule has 0 aromatic carbocycles. The first-order valence-corrected chi connectivity index (χ1v) is 8.44. The minimum Gasteiger partial charge on any atom is -0.459 e. The normalized spacial score (nSPS) is 10.7. The zero-order valence-electron chi connectivity index (χ0n) is 13.1. The zero-order valence-corrected chi connectivity index (χ0v) is 14.0. The molecule has 25 heavy (non-hydrogen) atoms. The van der Waals surface area contributed by atoms with E-state index in [1.165, 1.54) is 28.1 Å². The maximum atomic E-state index is 11.8. The number of ether oxygens (including phenoxy) is 1. The van der Waals surface area contributed by atoms with Crippen LogP contribution < -0.4 is 10.9 Å². The highest BCUT2D eigenvalue weighted by Crippen LogP contribution is 2.07. The van der Waals surface area contributed by atoms with Gasteiger partial charge in [-0.2, -0.15) is 0 Å². The molecule has 3 aromatic heterocycles. The highest BCUT2D eigenvalue weighted by molar-refractivity contribution is 7.15. The minimum atomic E-state index is -0.416. The van der Waals surface area contributed by atoms with Gasteiger partial charge in [0.1, 0.15) is 6.61 Å². The topological polar surface area (TPSA) is 103 Å². The van der Waals surface area contributed by atoms with E-state index in [4.69, 9.17) is 9.15 Å². The Hall–Kier alpha value is -2.94. The van der Waals surface area contributed by atoms with Crippen LogP contribution in [0.5, 0.6) is 0 Å². The zero-order chi connectivity index (χ0) is 17.6. The molecule has 0 spiro atoms. The number of furan rings is 1. The van der Waals surface area contributed by atoms with Gasteiger partial charge in [-0.1, -0.05) is 0 Å². The number of aromatic nitrogens is 2. The molecule has 0 aliphatic heterocycles. The molecule has 0 atom stereocenters. The number of amides is 1. The summed E-state index contributed by atoms with van der Waals surface area (Å²) in [4.78, 5) is 40.0. The first-order valence-electron chi connectivity index (χ1n) is 7.56. The first-order chi connectivity index (χ1) is 12.1. The SMILES string of the molecule is O=C(CCCNC(=O)c1ccco1)OCc1cc(=O)n2ccsc2n1. The fourth-order valence-electron chi connectivity index (χ4n) is 2.12. The molecule has 3 heterocycles. The molecule has 0 aliphatic carbocycles. The lowest BCUT2D eigenvalue weighted by Gasteiger charge is -2.05. The van der Waals surface area contributed by atoms with Crippen molar-refractivity contribution in [1.29, 1.82) is 0 Å². The lowest BCUT2D eigenvalue weighted by Crippen LogP contribution is -2.24. The second-order valence-electron chi connectivity index (χ2n) is 5.14. The number of thiazole rings is 1. The Morgan fingerprint density at radius 3 is 3.08 bits per heavy atom. The van der Waals surface area contributed by atoms with Gasteiger partial charge in [-0.15, -0.1) is 11.3 Å². The van der Waals surface area contributed by atoms with Gasteiger partial charge in [-0.3, -0.25) is 18.8 Å². The Labute approximate surface area is 146 Å². The maximum Gasteiger partial charge on any atom is 0.306 e. The highest BCUT2D eigenvalue weighted by Gasteiger charge is 2.09. The molecule has 1 N–H and O–H groups in total. The van der Waals surface area contributed by atoms with E-state index in [1.54, 1.807) is 23.7 Å². The Bertz CT molecular complexity index is 929. The molecule has 0 radical (unpaired) electrons. The van der Waals surface area contributed by atoms with E-state index in [1.807, 2.05) is 0 Å². The lowest BCUT2D eigenvalue weighted by atomic mass is 10.3. The van der Waals surface area contributed by atoms with E-state index in [0.717, 1.165) is 0 Å². The van der Waals surface area contributed by atoms with E-state index in [0.29, 0.717) is 23.6 Å². The van der Waals surface area contributed by atoms with Crippen molar-refractivity contribution in [2.24, 2.45) is 0 Å². The third kappa shape index (κ3) is 4.32. The Morgan fingerprint density at radius 2 is 2.28 bits per heavy atom. The van der Waals surface area contributed by atoms with Crippen LogP contribution in [0.3, 0.4) is 0 Å². The molecular formula is C16H15N3O5S. The van der Waals surface area contributed by atoms with E-state index >= 15 is 0 Å². The van der Waals surface area contributed by atoms with Gasteiger partial charge in [0.25, 0.3) is 11.5 Å². The summed E-state index contributed by atoms with van der Waals surface area (Å²) in [6.45, 7) is 0.274. The molecule has 0 saturated heterocycles. The predicted molar refractivity (Wildman–Crippen MR) is 89.4 cm³/mol. The second kappa shape index (κ2) is 7.75. The van der Waals surface area contributed by atoms with Crippen LogP contribution in [-0.2, 0) is 16.1 Å². The van der Waals surface area contributed by atoms with Crippen molar-refractivity contribution in [3.63, 3.8) is 0 Å². The standard InChI is InChI=1S/C16H15N3O5S/c20-13-9-11(18-16-19(13)6-8-25-16)10-24-14(21)4-1-5-17-15(22)12-3-2-7-23-12/h2-3,6-9H,1,4-5,10H2,(H,17,22). The van der Waals surface area contributed by atoms with Gasteiger partial charge in [-0.25, -0.2) is 4.98 Å². The first kappa shape index (κ1) is 16.9. The summed E-state index contributed by atoms with van der Waals surface area (Å²) >= 11 is 1.33. The molecule has 8 nitrogen and oxygen atoms in total. The molecular weight excluding hydrogens is 346 g/mol. The Balaban J connectivity index is 1.40. The second-order valence-corrected chi connectivity index (χ2v) is 6.01. The number of carbonyl (C=O) groups is 2. The smallest absolute Gasteiger partial charge is 0.306 e. The molecule has 0 bridgehead atoms. The van der Waals surface area contributed by atoms with Crippen molar-refractivity contribution in [2.45, 2.75) is 19.4 Å². The summed E-state index contributed by atoms with van der Waals surface area (Å²) in [6, 6.07) is 4.53. The molecule has 130 valence electrons. The number of esters is 1. The van der Waals surface area contributed by atoms with Crippen LogP contribution in [0.4, 0.5) is 0 Å². The number of hydrogen-bond donors (Lipinski definition) is 1. The van der Waals surface area contributed by atoms with Crippen LogP contribution in [0, 0.1) is 0 Å². The number of fused-ring (bicyclic) bond motifs is 1. The average molecular weight is 361 g/mol. The van der Waals surface area contributed by atoms with Gasteiger partial charge < -0.3 is 14.5 Å². The van der Waals surface area contributed by atoms with Crippen LogP contribution in [0.1, 0.15) is 29.1 Å². The number of carbonyl (C=O) groups excluding carboxylic acids is 2. The molecule has 3 aromatic rings. The van der Waals surface area contributed by atoms with Crippen LogP contribution >= 0.6 is 11.3 Å². The maximum absolute atomic E-state index is 11.8. The molecule has 9 heteroatoms. The number of nitrogens with one attached hydrogen (secondary N) is 1. The number of hydrogen-bond acceptors (Lipinski definition) is 7. The summed E-state index contributed by atoms with van der Waals surface area (Å²) in [5, 5.41) is 4.40. The Kier molecular flexibility index (Phi) is 5.24. The fourth-order valence-corrected chi connectivity index (χ4v) is 2.86. The van der Waals surface area contributed by atoms with Gasteiger partial charge in [0, 0.05) is 30.6 Å². The van der Waals surface area contributed by atoms with Gasteiger partial charge in [-0.05, 0) is 18.6 Å². The number of rotatable bonds is 7. The molecule has 0 fully saturated rings. The van der Waals surface area contributed by atoms with E-state index in [9.17, 15) is 14.4 Å². The van der Waals surface area contributed by atoms with Gasteiger partial charge in [0.05, 0.1) is 12.0 Å². The third-order valence-electron chi connectivity index (χ3n) is 3.33. The quantitative estimate of drug-likeness (QED) is 0.506. The van der Waals surface area contributed by atoms with Crippen LogP contribution in [-0.4, -0.2) is 27.8 Å². The molecule has 0 saturated carbocycles. The molecule has 0 unspecified atom stereocenters. The molecule has 0 aliphatic rings. The van der Waals surface area contributed by atoms with E-state index in [2.05, 4.69) is 10.3 Å². The summed E-state index contributed by atoms with van der Waals surface area (Å²) in [6.07, 6.45) is 3.64. The van der Waals surface area contributed by atoms with Crippen molar-refractivity contribution >= 4 is 28.2 Å². The van der Waals surface area contributed by atoms with Crippen molar-refractivity contribution in [2.75, 3.05) is 6.54 Å². The Morgan fingerprint density at radius 1 is 1.40 bits per heavy atom. The average Bonchev–Trinajstić information content (AvgIpc) is 3.28. The molecule has 1 amide bonds. The fraction of sp³-hybridized carbons (Fsp3) is 0.250.